The topological polar surface area (TPSA) is 70.3 Å². The zero-order chi connectivity index (χ0) is 20.2. The molecule has 0 radical (unpaired) electrons. The van der Waals surface area contributed by atoms with Crippen LogP contribution in [0.1, 0.15) is 16.9 Å². The van der Waals surface area contributed by atoms with Gasteiger partial charge in [-0.1, -0.05) is 24.3 Å². The van der Waals surface area contributed by atoms with Crippen LogP contribution in [0.4, 0.5) is 4.39 Å². The lowest BCUT2D eigenvalue weighted by molar-refractivity contribution is -0.130. The Bertz CT molecular complexity index is 1100. The maximum atomic E-state index is 13.8. The number of methoxy groups -OCH3 is 1. The number of nitrogens with zero attached hydrogens (tertiary/aromatic N) is 1. The van der Waals surface area contributed by atoms with Gasteiger partial charge in [-0.05, 0) is 42.0 Å². The smallest absolute Gasteiger partial charge is 0.363 e. The van der Waals surface area contributed by atoms with Crippen LogP contribution in [0.2, 0.25) is 0 Å². The standard InChI is InChI=1S/C22H16FNO5/c1-26-18-9-8-14(12-20(18)28-13-15-5-2-3-6-16(15)23)11-17-22(25)29-21(24-17)19-7-4-10-27-19/h2-12H,13H2,1H3. The maximum absolute atomic E-state index is 13.8. The number of ether oxygens (including phenoxy) is 3. The van der Waals surface area contributed by atoms with Gasteiger partial charge in [0.2, 0.25) is 0 Å². The highest BCUT2D eigenvalue weighted by Gasteiger charge is 2.25. The Morgan fingerprint density at radius 2 is 1.97 bits per heavy atom. The summed E-state index contributed by atoms with van der Waals surface area (Å²) in [7, 11) is 1.51. The highest BCUT2D eigenvalue weighted by Crippen LogP contribution is 2.30. The van der Waals surface area contributed by atoms with Gasteiger partial charge in [0.25, 0.3) is 5.90 Å². The van der Waals surface area contributed by atoms with Crippen LogP contribution in [0.15, 0.2) is 76.0 Å². The zero-order valence-corrected chi connectivity index (χ0v) is 15.4. The molecule has 29 heavy (non-hydrogen) atoms. The molecular weight excluding hydrogens is 377 g/mol. The number of halogens is 1. The van der Waals surface area contributed by atoms with Crippen LogP contribution >= 0.6 is 0 Å². The van der Waals surface area contributed by atoms with Crippen molar-refractivity contribution in [2.24, 2.45) is 4.99 Å². The number of carbonyl (C=O) groups excluding carboxylic acids is 1. The molecule has 2 aromatic carbocycles. The van der Waals surface area contributed by atoms with Gasteiger partial charge < -0.3 is 18.6 Å². The van der Waals surface area contributed by atoms with Gasteiger partial charge in [-0.15, -0.1) is 0 Å². The first kappa shape index (κ1) is 18.5. The predicted octanol–water partition coefficient (Wildman–Crippen LogP) is 4.35. The third kappa shape index (κ3) is 4.03. The number of hydrogen-bond donors (Lipinski definition) is 0. The third-order valence-corrected chi connectivity index (χ3v) is 4.18. The van der Waals surface area contributed by atoms with Crippen molar-refractivity contribution in [1.82, 2.24) is 0 Å². The molecule has 0 unspecified atom stereocenters. The summed E-state index contributed by atoms with van der Waals surface area (Å²) in [5.74, 6) is 0.435. The molecule has 3 aromatic rings. The molecular formula is C22H16FNO5. The normalized spacial score (nSPS) is 14.6. The number of benzene rings is 2. The van der Waals surface area contributed by atoms with E-state index in [-0.39, 0.29) is 24.0 Å². The Labute approximate surface area is 165 Å². The second-order valence-electron chi connectivity index (χ2n) is 6.10. The third-order valence-electron chi connectivity index (χ3n) is 4.18. The molecule has 0 amide bonds. The van der Waals surface area contributed by atoms with Crippen LogP contribution in [0.5, 0.6) is 11.5 Å². The second kappa shape index (κ2) is 8.02. The second-order valence-corrected chi connectivity index (χ2v) is 6.10. The van der Waals surface area contributed by atoms with Gasteiger partial charge in [0, 0.05) is 5.56 Å². The van der Waals surface area contributed by atoms with E-state index < -0.39 is 5.97 Å². The summed E-state index contributed by atoms with van der Waals surface area (Å²) >= 11 is 0. The molecule has 146 valence electrons. The van der Waals surface area contributed by atoms with Crippen LogP contribution in [0.25, 0.3) is 6.08 Å². The lowest BCUT2D eigenvalue weighted by Crippen LogP contribution is -2.04. The summed E-state index contributed by atoms with van der Waals surface area (Å²) < 4.78 is 35.2. The fourth-order valence-corrected chi connectivity index (χ4v) is 2.74. The van der Waals surface area contributed by atoms with E-state index >= 15 is 0 Å². The van der Waals surface area contributed by atoms with Gasteiger partial charge in [0.05, 0.1) is 13.4 Å². The molecule has 1 aromatic heterocycles. The highest BCUT2D eigenvalue weighted by atomic mass is 19.1. The number of aliphatic imine (C=N–C) groups is 1. The summed E-state index contributed by atoms with van der Waals surface area (Å²) in [5, 5.41) is 0. The van der Waals surface area contributed by atoms with E-state index in [4.69, 9.17) is 18.6 Å². The molecule has 0 N–H and O–H groups in total. The lowest BCUT2D eigenvalue weighted by Gasteiger charge is -2.12. The Balaban J connectivity index is 1.58. The van der Waals surface area contributed by atoms with Crippen molar-refractivity contribution in [3.8, 4) is 11.5 Å². The van der Waals surface area contributed by atoms with E-state index in [0.29, 0.717) is 28.4 Å². The fourth-order valence-electron chi connectivity index (χ4n) is 2.74. The van der Waals surface area contributed by atoms with Gasteiger partial charge in [0.15, 0.2) is 23.0 Å². The number of hydrogen-bond acceptors (Lipinski definition) is 6. The minimum Gasteiger partial charge on any atom is -0.493 e. The Morgan fingerprint density at radius 3 is 2.72 bits per heavy atom. The number of rotatable bonds is 6. The molecule has 0 atom stereocenters. The molecule has 0 aliphatic carbocycles. The largest absolute Gasteiger partial charge is 0.493 e. The fraction of sp³-hybridized carbons (Fsp3) is 0.0909. The molecule has 7 heteroatoms. The van der Waals surface area contributed by atoms with Crippen molar-refractivity contribution in [3.05, 3.63) is 89.3 Å². The molecule has 2 heterocycles. The quantitative estimate of drug-likeness (QED) is 0.460. The SMILES string of the molecule is COc1ccc(C=C2N=C(c3ccco3)OC2=O)cc1OCc1ccccc1F. The summed E-state index contributed by atoms with van der Waals surface area (Å²) in [6.45, 7) is 0.0336. The summed E-state index contributed by atoms with van der Waals surface area (Å²) in [6, 6.07) is 14.8. The Kier molecular flexibility index (Phi) is 5.11. The summed E-state index contributed by atoms with van der Waals surface area (Å²) in [5.41, 5.74) is 1.19. The number of esters is 1. The molecule has 6 nitrogen and oxygen atoms in total. The Hall–Kier alpha value is -3.87. The van der Waals surface area contributed by atoms with Crippen molar-refractivity contribution in [1.29, 1.82) is 0 Å². The first-order valence-electron chi connectivity index (χ1n) is 8.75. The molecule has 0 bridgehead atoms. The van der Waals surface area contributed by atoms with E-state index in [0.717, 1.165) is 0 Å². The minimum absolute atomic E-state index is 0.0336. The predicted molar refractivity (Wildman–Crippen MR) is 103 cm³/mol. The zero-order valence-electron chi connectivity index (χ0n) is 15.4. The average molecular weight is 393 g/mol. The van der Waals surface area contributed by atoms with Crippen molar-refractivity contribution in [3.63, 3.8) is 0 Å². The van der Waals surface area contributed by atoms with Gasteiger partial charge in [0.1, 0.15) is 12.4 Å². The van der Waals surface area contributed by atoms with Gasteiger partial charge in [-0.3, -0.25) is 0 Å². The van der Waals surface area contributed by atoms with Gasteiger partial charge in [-0.25, -0.2) is 14.2 Å². The van der Waals surface area contributed by atoms with Crippen LogP contribution in [0.3, 0.4) is 0 Å². The monoisotopic (exact) mass is 393 g/mol. The van der Waals surface area contributed by atoms with Crippen LogP contribution in [-0.2, 0) is 16.1 Å². The van der Waals surface area contributed by atoms with Gasteiger partial charge in [-0.2, -0.15) is 0 Å². The summed E-state index contributed by atoms with van der Waals surface area (Å²) in [6.07, 6.45) is 3.03. The summed E-state index contributed by atoms with van der Waals surface area (Å²) in [4.78, 5) is 16.3. The first-order chi connectivity index (χ1) is 14.1. The van der Waals surface area contributed by atoms with E-state index in [2.05, 4.69) is 4.99 Å². The van der Waals surface area contributed by atoms with Crippen LogP contribution in [0, 0.1) is 5.82 Å². The van der Waals surface area contributed by atoms with Crippen LogP contribution < -0.4 is 9.47 Å². The number of carbonyl (C=O) groups is 1. The van der Waals surface area contributed by atoms with Crippen molar-refractivity contribution in [2.45, 2.75) is 6.61 Å². The molecule has 0 spiro atoms. The highest BCUT2D eigenvalue weighted by molar-refractivity contribution is 6.11. The maximum Gasteiger partial charge on any atom is 0.363 e. The molecule has 0 saturated heterocycles. The van der Waals surface area contributed by atoms with E-state index in [9.17, 15) is 9.18 Å². The molecule has 0 saturated carbocycles. The van der Waals surface area contributed by atoms with Crippen molar-refractivity contribution >= 4 is 17.9 Å². The lowest BCUT2D eigenvalue weighted by atomic mass is 10.1. The molecule has 4 rings (SSSR count). The van der Waals surface area contributed by atoms with Gasteiger partial charge >= 0.3 is 5.97 Å². The first-order valence-corrected chi connectivity index (χ1v) is 8.75. The van der Waals surface area contributed by atoms with E-state index in [1.165, 1.54) is 19.4 Å². The Morgan fingerprint density at radius 1 is 1.10 bits per heavy atom. The van der Waals surface area contributed by atoms with Crippen molar-refractivity contribution < 1.29 is 27.8 Å². The molecule has 0 fully saturated rings. The average Bonchev–Trinajstić information content (AvgIpc) is 3.38. The molecule has 1 aliphatic heterocycles. The number of cyclic esters (lactones) is 1. The van der Waals surface area contributed by atoms with E-state index in [1.807, 2.05) is 0 Å². The van der Waals surface area contributed by atoms with Crippen LogP contribution in [-0.4, -0.2) is 19.0 Å². The molecule has 1 aliphatic rings. The van der Waals surface area contributed by atoms with E-state index in [1.54, 1.807) is 54.6 Å². The number of furan rings is 1. The van der Waals surface area contributed by atoms with Crippen molar-refractivity contribution in [2.75, 3.05) is 7.11 Å². The minimum atomic E-state index is -0.582.